The molecule has 28 heavy (non-hydrogen) atoms. The molecule has 1 aromatic rings. The maximum Gasteiger partial charge on any atom is 0.302 e. The van der Waals surface area contributed by atoms with Crippen LogP contribution < -0.4 is 5.32 Å². The zero-order valence-corrected chi connectivity index (χ0v) is 19.6. The lowest BCUT2D eigenvalue weighted by molar-refractivity contribution is -0.142. The fraction of sp³-hybridized carbons (Fsp3) is 0.682. The van der Waals surface area contributed by atoms with E-state index in [0.717, 1.165) is 0 Å². The molecule has 0 fully saturated rings. The molecule has 0 bridgehead atoms. The molecular formula is C22H39NO4Si. The zero-order chi connectivity index (χ0) is 21.4. The summed E-state index contributed by atoms with van der Waals surface area (Å²) in [6.45, 7) is 15.0. The maximum atomic E-state index is 11.5. The number of aliphatic hydroxyl groups excluding tert-OH is 1. The van der Waals surface area contributed by atoms with Crippen LogP contribution in [0.1, 0.15) is 59.1 Å². The van der Waals surface area contributed by atoms with Crippen molar-refractivity contribution in [3.63, 3.8) is 0 Å². The van der Waals surface area contributed by atoms with Crippen LogP contribution >= 0.6 is 0 Å². The number of aliphatic hydroxyl groups is 1. The SMILES string of the molecule is CC(=O)OC[C@H](N[C@H](C)c1ccccc1)[C@@H](CCCO)O[Si](C)(C)C(C)(C)C. The Labute approximate surface area is 172 Å². The lowest BCUT2D eigenvalue weighted by Crippen LogP contribution is -2.52. The van der Waals surface area contributed by atoms with Gasteiger partial charge in [-0.05, 0) is 43.5 Å². The topological polar surface area (TPSA) is 67.8 Å². The highest BCUT2D eigenvalue weighted by atomic mass is 28.4. The molecule has 1 rings (SSSR count). The van der Waals surface area contributed by atoms with E-state index < -0.39 is 8.32 Å². The highest BCUT2D eigenvalue weighted by molar-refractivity contribution is 6.74. The van der Waals surface area contributed by atoms with Crippen molar-refractivity contribution < 1.29 is 19.1 Å². The molecule has 2 N–H and O–H groups in total. The molecular weight excluding hydrogens is 370 g/mol. The second-order valence-corrected chi connectivity index (χ2v) is 13.7. The summed E-state index contributed by atoms with van der Waals surface area (Å²) in [4.78, 5) is 11.5. The fourth-order valence-corrected chi connectivity index (χ4v) is 4.21. The van der Waals surface area contributed by atoms with E-state index in [0.29, 0.717) is 12.8 Å². The molecule has 0 aliphatic carbocycles. The third kappa shape index (κ3) is 8.03. The molecule has 160 valence electrons. The Kier molecular flexibility index (Phi) is 9.84. The van der Waals surface area contributed by atoms with Gasteiger partial charge in [-0.15, -0.1) is 0 Å². The Morgan fingerprint density at radius 1 is 1.21 bits per heavy atom. The zero-order valence-electron chi connectivity index (χ0n) is 18.6. The monoisotopic (exact) mass is 409 g/mol. The van der Waals surface area contributed by atoms with Crippen LogP contribution in [0.2, 0.25) is 18.1 Å². The first-order chi connectivity index (χ1) is 13.0. The normalized spacial score (nSPS) is 15.7. The summed E-state index contributed by atoms with van der Waals surface area (Å²) in [6, 6.07) is 10.1. The number of hydrogen-bond acceptors (Lipinski definition) is 5. The van der Waals surface area contributed by atoms with Crippen molar-refractivity contribution in [1.29, 1.82) is 0 Å². The van der Waals surface area contributed by atoms with Gasteiger partial charge in [0.15, 0.2) is 8.32 Å². The fourth-order valence-electron chi connectivity index (χ4n) is 2.82. The number of rotatable bonds is 11. The van der Waals surface area contributed by atoms with Crippen LogP contribution in [0, 0.1) is 0 Å². The molecule has 0 saturated carbocycles. The highest BCUT2D eigenvalue weighted by Crippen LogP contribution is 2.38. The van der Waals surface area contributed by atoms with Crippen molar-refractivity contribution in [2.45, 2.75) is 83.8 Å². The Morgan fingerprint density at radius 2 is 1.82 bits per heavy atom. The van der Waals surface area contributed by atoms with Crippen LogP contribution in [-0.4, -0.2) is 44.8 Å². The average Bonchev–Trinajstić information content (AvgIpc) is 2.61. The number of carbonyl (C=O) groups excluding carboxylic acids is 1. The lowest BCUT2D eigenvalue weighted by atomic mass is 10.0. The smallest absolute Gasteiger partial charge is 0.302 e. The van der Waals surface area contributed by atoms with Crippen molar-refractivity contribution in [3.8, 4) is 0 Å². The first-order valence-electron chi connectivity index (χ1n) is 10.2. The van der Waals surface area contributed by atoms with Crippen LogP contribution in [0.5, 0.6) is 0 Å². The summed E-state index contributed by atoms with van der Waals surface area (Å²) in [5.41, 5.74) is 1.17. The molecule has 0 amide bonds. The van der Waals surface area contributed by atoms with Crippen LogP contribution in [0.4, 0.5) is 0 Å². The Morgan fingerprint density at radius 3 is 2.32 bits per heavy atom. The van der Waals surface area contributed by atoms with Crippen LogP contribution in [0.3, 0.4) is 0 Å². The number of benzene rings is 1. The molecule has 0 radical (unpaired) electrons. The van der Waals surface area contributed by atoms with Gasteiger partial charge in [-0.25, -0.2) is 0 Å². The molecule has 0 aliphatic rings. The minimum Gasteiger partial charge on any atom is -0.464 e. The number of carbonyl (C=O) groups is 1. The van der Waals surface area contributed by atoms with Crippen LogP contribution in [0.25, 0.3) is 0 Å². The lowest BCUT2D eigenvalue weighted by Gasteiger charge is -2.42. The van der Waals surface area contributed by atoms with Gasteiger partial charge in [0.05, 0.1) is 12.1 Å². The number of ether oxygens (including phenoxy) is 1. The van der Waals surface area contributed by atoms with Crippen molar-refractivity contribution in [2.24, 2.45) is 0 Å². The Bertz CT molecular complexity index is 586. The molecule has 3 atom stereocenters. The van der Waals surface area contributed by atoms with Gasteiger partial charge >= 0.3 is 5.97 Å². The quantitative estimate of drug-likeness (QED) is 0.418. The van der Waals surface area contributed by atoms with E-state index in [1.165, 1.54) is 12.5 Å². The van der Waals surface area contributed by atoms with Crippen molar-refractivity contribution in [3.05, 3.63) is 35.9 Å². The van der Waals surface area contributed by atoms with Gasteiger partial charge in [-0.1, -0.05) is 51.1 Å². The second-order valence-electron chi connectivity index (χ2n) is 8.99. The summed E-state index contributed by atoms with van der Waals surface area (Å²) in [5, 5.41) is 13.1. The van der Waals surface area contributed by atoms with Gasteiger partial charge in [-0.2, -0.15) is 0 Å². The number of hydrogen-bond donors (Lipinski definition) is 2. The molecule has 1 aromatic carbocycles. The molecule has 0 unspecified atom stereocenters. The first-order valence-corrected chi connectivity index (χ1v) is 13.1. The van der Waals surface area contributed by atoms with E-state index in [-0.39, 0.29) is 42.4 Å². The summed E-state index contributed by atoms with van der Waals surface area (Å²) in [7, 11) is -2.03. The van der Waals surface area contributed by atoms with Gasteiger partial charge in [0.25, 0.3) is 0 Å². The second kappa shape index (κ2) is 11.1. The molecule has 0 aliphatic heterocycles. The van der Waals surface area contributed by atoms with Gasteiger partial charge in [-0.3, -0.25) is 4.79 Å². The molecule has 0 saturated heterocycles. The summed E-state index contributed by atoms with van der Waals surface area (Å²) >= 11 is 0. The Hall–Kier alpha value is -1.21. The minimum absolute atomic E-state index is 0.0709. The summed E-state index contributed by atoms with van der Waals surface area (Å²) in [5.74, 6) is -0.299. The molecule has 6 heteroatoms. The molecule has 0 heterocycles. The largest absolute Gasteiger partial charge is 0.464 e. The van der Waals surface area contributed by atoms with Crippen LogP contribution in [-0.2, 0) is 14.0 Å². The van der Waals surface area contributed by atoms with Gasteiger partial charge in [0.2, 0.25) is 0 Å². The Balaban J connectivity index is 3.06. The standard InChI is InChI=1S/C22H39NO4Si/c1-17(19-12-9-8-10-13-19)23-20(16-26-18(2)25)21(14-11-15-24)27-28(6,7)22(3,4)5/h8-10,12-13,17,20-21,23-24H,11,14-16H2,1-7H3/t17-,20+,21-/m1/s1. The van der Waals surface area contributed by atoms with Gasteiger partial charge < -0.3 is 19.6 Å². The third-order valence-corrected chi connectivity index (χ3v) is 10.1. The van der Waals surface area contributed by atoms with E-state index in [2.05, 4.69) is 58.2 Å². The van der Waals surface area contributed by atoms with Gasteiger partial charge in [0.1, 0.15) is 6.61 Å². The van der Waals surface area contributed by atoms with E-state index >= 15 is 0 Å². The van der Waals surface area contributed by atoms with Crippen molar-refractivity contribution in [1.82, 2.24) is 5.32 Å². The van der Waals surface area contributed by atoms with E-state index in [4.69, 9.17) is 9.16 Å². The first kappa shape index (κ1) is 24.8. The van der Waals surface area contributed by atoms with Gasteiger partial charge in [0, 0.05) is 19.6 Å². The number of esters is 1. The predicted octanol–water partition coefficient (Wildman–Crippen LogP) is 4.43. The summed E-state index contributed by atoms with van der Waals surface area (Å²) < 4.78 is 12.1. The van der Waals surface area contributed by atoms with Crippen molar-refractivity contribution in [2.75, 3.05) is 13.2 Å². The predicted molar refractivity (Wildman–Crippen MR) is 117 cm³/mol. The average molecular weight is 410 g/mol. The minimum atomic E-state index is -2.03. The summed E-state index contributed by atoms with van der Waals surface area (Å²) in [6.07, 6.45) is 1.22. The van der Waals surface area contributed by atoms with Crippen LogP contribution in [0.15, 0.2) is 30.3 Å². The van der Waals surface area contributed by atoms with E-state index in [1.54, 1.807) is 0 Å². The van der Waals surface area contributed by atoms with E-state index in [9.17, 15) is 9.90 Å². The third-order valence-electron chi connectivity index (χ3n) is 5.58. The number of nitrogens with one attached hydrogen (secondary N) is 1. The molecule has 0 spiro atoms. The highest BCUT2D eigenvalue weighted by Gasteiger charge is 2.41. The maximum absolute atomic E-state index is 11.5. The molecule has 5 nitrogen and oxygen atoms in total. The van der Waals surface area contributed by atoms with E-state index in [1.807, 2.05) is 18.2 Å². The van der Waals surface area contributed by atoms with Crippen molar-refractivity contribution >= 4 is 14.3 Å². The molecule has 0 aromatic heterocycles.